The molecule has 4 aromatic carbocycles. The minimum absolute atomic E-state index is 0.225. The lowest BCUT2D eigenvalue weighted by atomic mass is 10.1. The quantitative estimate of drug-likeness (QED) is 0.0924. The van der Waals surface area contributed by atoms with E-state index >= 15 is 0 Å². The van der Waals surface area contributed by atoms with E-state index in [1.807, 2.05) is 37.3 Å². The maximum Gasteiger partial charge on any atom is 0.343 e. The lowest BCUT2D eigenvalue weighted by Crippen LogP contribution is -2.32. The van der Waals surface area contributed by atoms with Crippen molar-refractivity contribution in [2.24, 2.45) is 5.10 Å². The molecule has 0 atom stereocenters. The second kappa shape index (κ2) is 12.6. The molecule has 0 heterocycles. The molecule has 0 aliphatic rings. The number of carbonyl (C=O) groups is 3. The average Bonchev–Trinajstić information content (AvgIpc) is 2.93. The van der Waals surface area contributed by atoms with Crippen LogP contribution in [0, 0.1) is 0 Å². The number of carbonyl (C=O) groups excluding carboxylic acids is 3. The van der Waals surface area contributed by atoms with Crippen LogP contribution in [0.3, 0.4) is 0 Å². The van der Waals surface area contributed by atoms with Crippen molar-refractivity contribution in [2.75, 3.05) is 11.9 Å². The number of amides is 2. The van der Waals surface area contributed by atoms with E-state index in [0.29, 0.717) is 33.6 Å². The number of halogens is 1. The van der Waals surface area contributed by atoms with Crippen molar-refractivity contribution >= 4 is 56.4 Å². The van der Waals surface area contributed by atoms with Gasteiger partial charge < -0.3 is 14.8 Å². The Hall–Kier alpha value is -4.50. The first kappa shape index (κ1) is 26.6. The van der Waals surface area contributed by atoms with E-state index in [-0.39, 0.29) is 5.75 Å². The van der Waals surface area contributed by atoms with Gasteiger partial charge in [0.05, 0.1) is 18.4 Å². The molecule has 4 rings (SSSR count). The molecule has 2 N–H and O–H groups in total. The number of anilines is 1. The minimum Gasteiger partial charge on any atom is -0.494 e. The number of hydrogen-bond acceptors (Lipinski definition) is 6. The Morgan fingerprint density at radius 3 is 2.47 bits per heavy atom. The normalized spacial score (nSPS) is 10.8. The van der Waals surface area contributed by atoms with E-state index in [1.165, 1.54) is 6.21 Å². The molecule has 0 saturated heterocycles. The predicted molar refractivity (Wildman–Crippen MR) is 150 cm³/mol. The van der Waals surface area contributed by atoms with Gasteiger partial charge in [-0.05, 0) is 60.3 Å². The first-order valence-corrected chi connectivity index (χ1v) is 12.6. The number of hydrazone groups is 1. The third-order valence-electron chi connectivity index (χ3n) is 5.35. The summed E-state index contributed by atoms with van der Waals surface area (Å²) in [5, 5.41) is 8.22. The maximum atomic E-state index is 12.7. The molecular weight excluding hydrogens is 550 g/mol. The second-order valence-corrected chi connectivity index (χ2v) is 9.04. The summed E-state index contributed by atoms with van der Waals surface area (Å²) in [4.78, 5) is 37.4. The SMILES string of the molecule is CCCOc1ccc(C(=O)Oc2ccc(Br)cc2/C=N\NC(=O)C(=O)Nc2cccc3ccccc23)cc1. The minimum atomic E-state index is -0.951. The van der Waals surface area contributed by atoms with Crippen molar-refractivity contribution in [3.63, 3.8) is 0 Å². The van der Waals surface area contributed by atoms with Crippen molar-refractivity contribution in [1.82, 2.24) is 5.43 Å². The van der Waals surface area contributed by atoms with E-state index in [2.05, 4.69) is 31.8 Å². The summed E-state index contributed by atoms with van der Waals surface area (Å²) in [5.74, 6) is -1.50. The van der Waals surface area contributed by atoms with Crippen LogP contribution in [0.1, 0.15) is 29.3 Å². The van der Waals surface area contributed by atoms with Gasteiger partial charge in [0, 0.05) is 21.1 Å². The van der Waals surface area contributed by atoms with Crippen LogP contribution in [0.5, 0.6) is 11.5 Å². The van der Waals surface area contributed by atoms with Crippen LogP contribution in [0.2, 0.25) is 0 Å². The van der Waals surface area contributed by atoms with Crippen LogP contribution in [-0.4, -0.2) is 30.6 Å². The Morgan fingerprint density at radius 2 is 1.68 bits per heavy atom. The number of benzene rings is 4. The van der Waals surface area contributed by atoms with E-state index in [1.54, 1.807) is 54.6 Å². The fraction of sp³-hybridized carbons (Fsp3) is 0.103. The van der Waals surface area contributed by atoms with Crippen LogP contribution in [-0.2, 0) is 9.59 Å². The molecule has 0 spiro atoms. The molecule has 0 radical (unpaired) electrons. The van der Waals surface area contributed by atoms with Gasteiger partial charge in [-0.15, -0.1) is 0 Å². The number of fused-ring (bicyclic) bond motifs is 1. The number of nitrogens with zero attached hydrogens (tertiary/aromatic N) is 1. The van der Waals surface area contributed by atoms with Crippen LogP contribution < -0.4 is 20.2 Å². The average molecular weight is 574 g/mol. The highest BCUT2D eigenvalue weighted by molar-refractivity contribution is 9.10. The van der Waals surface area contributed by atoms with Crippen LogP contribution in [0.4, 0.5) is 5.69 Å². The lowest BCUT2D eigenvalue weighted by molar-refractivity contribution is -0.136. The second-order valence-electron chi connectivity index (χ2n) is 8.12. The maximum absolute atomic E-state index is 12.7. The first-order valence-electron chi connectivity index (χ1n) is 11.8. The van der Waals surface area contributed by atoms with Crippen molar-refractivity contribution in [3.8, 4) is 11.5 Å². The van der Waals surface area contributed by atoms with Gasteiger partial charge in [-0.25, -0.2) is 10.2 Å². The van der Waals surface area contributed by atoms with Gasteiger partial charge in [-0.1, -0.05) is 59.3 Å². The largest absolute Gasteiger partial charge is 0.494 e. The predicted octanol–water partition coefficient (Wildman–Crippen LogP) is 5.70. The number of hydrogen-bond donors (Lipinski definition) is 2. The van der Waals surface area contributed by atoms with E-state index < -0.39 is 17.8 Å². The van der Waals surface area contributed by atoms with Crippen molar-refractivity contribution in [2.45, 2.75) is 13.3 Å². The molecule has 0 aromatic heterocycles. The molecule has 0 bridgehead atoms. The number of nitrogens with one attached hydrogen (secondary N) is 2. The van der Waals surface area contributed by atoms with Gasteiger partial charge in [0.15, 0.2) is 0 Å². The highest BCUT2D eigenvalue weighted by Gasteiger charge is 2.15. The highest BCUT2D eigenvalue weighted by atomic mass is 79.9. The van der Waals surface area contributed by atoms with E-state index in [0.717, 1.165) is 17.2 Å². The Morgan fingerprint density at radius 1 is 0.921 bits per heavy atom. The van der Waals surface area contributed by atoms with E-state index in [4.69, 9.17) is 9.47 Å². The van der Waals surface area contributed by atoms with Gasteiger partial charge in [0.1, 0.15) is 11.5 Å². The summed E-state index contributed by atoms with van der Waals surface area (Å²) < 4.78 is 11.8. The molecular formula is C29H24BrN3O5. The molecule has 2 amide bonds. The number of rotatable bonds is 8. The summed E-state index contributed by atoms with van der Waals surface area (Å²) in [6.07, 6.45) is 2.17. The van der Waals surface area contributed by atoms with Crippen molar-refractivity contribution in [1.29, 1.82) is 0 Å². The molecule has 9 heteroatoms. The Balaban J connectivity index is 1.40. The number of ether oxygens (including phenoxy) is 2. The molecule has 38 heavy (non-hydrogen) atoms. The molecule has 0 saturated carbocycles. The molecule has 0 aliphatic carbocycles. The van der Waals surface area contributed by atoms with Gasteiger partial charge in [-0.2, -0.15) is 5.10 Å². The van der Waals surface area contributed by atoms with E-state index in [9.17, 15) is 14.4 Å². The Bertz CT molecular complexity index is 1500. The highest BCUT2D eigenvalue weighted by Crippen LogP contribution is 2.24. The van der Waals surface area contributed by atoms with Gasteiger partial charge in [-0.3, -0.25) is 9.59 Å². The topological polar surface area (TPSA) is 106 Å². The number of esters is 1. The third-order valence-corrected chi connectivity index (χ3v) is 5.84. The summed E-state index contributed by atoms with van der Waals surface area (Å²) in [7, 11) is 0. The standard InChI is InChI=1S/C29H24BrN3O5/c1-2-16-37-23-13-10-20(11-14-23)29(36)38-26-15-12-22(30)17-21(26)18-31-33-28(35)27(34)32-25-9-5-7-19-6-3-4-8-24(19)25/h3-15,17-18H,2,16H2,1H3,(H,32,34)(H,33,35)/b31-18-. The first-order chi connectivity index (χ1) is 18.4. The third kappa shape index (κ3) is 6.83. The van der Waals surface area contributed by atoms with Crippen molar-refractivity contribution in [3.05, 3.63) is 101 Å². The van der Waals surface area contributed by atoms with Gasteiger partial charge >= 0.3 is 17.8 Å². The fourth-order valence-corrected chi connectivity index (χ4v) is 3.88. The monoisotopic (exact) mass is 573 g/mol. The summed E-state index contributed by atoms with van der Waals surface area (Å²) in [5.41, 5.74) is 3.47. The molecule has 8 nitrogen and oxygen atoms in total. The van der Waals surface area contributed by atoms with Crippen LogP contribution in [0.15, 0.2) is 94.5 Å². The van der Waals surface area contributed by atoms with Gasteiger partial charge in [0.2, 0.25) is 0 Å². The Labute approximate surface area is 227 Å². The molecule has 4 aromatic rings. The summed E-state index contributed by atoms with van der Waals surface area (Å²) >= 11 is 3.37. The summed E-state index contributed by atoms with van der Waals surface area (Å²) in [6.45, 7) is 2.60. The lowest BCUT2D eigenvalue weighted by Gasteiger charge is -2.09. The smallest absolute Gasteiger partial charge is 0.343 e. The molecule has 0 unspecified atom stereocenters. The van der Waals surface area contributed by atoms with Crippen LogP contribution >= 0.6 is 15.9 Å². The molecule has 192 valence electrons. The zero-order valence-electron chi connectivity index (χ0n) is 20.4. The van der Waals surface area contributed by atoms with Crippen LogP contribution in [0.25, 0.3) is 10.8 Å². The molecule has 0 fully saturated rings. The van der Waals surface area contributed by atoms with Gasteiger partial charge in [0.25, 0.3) is 0 Å². The summed E-state index contributed by atoms with van der Waals surface area (Å²) in [6, 6.07) is 24.5. The molecule has 0 aliphatic heterocycles. The van der Waals surface area contributed by atoms with Crippen molar-refractivity contribution < 1.29 is 23.9 Å². The zero-order valence-corrected chi connectivity index (χ0v) is 22.0. The fourth-order valence-electron chi connectivity index (χ4n) is 3.50. The Kier molecular flexibility index (Phi) is 8.84. The zero-order chi connectivity index (χ0) is 26.9.